The lowest BCUT2D eigenvalue weighted by Gasteiger charge is -2.38. The predicted molar refractivity (Wildman–Crippen MR) is 291 cm³/mol. The Balaban J connectivity index is 1.03. The second-order valence-electron chi connectivity index (χ2n) is 21.8. The van der Waals surface area contributed by atoms with Crippen LogP contribution < -0.4 is 25.7 Å². The van der Waals surface area contributed by atoms with Crippen LogP contribution in [0.1, 0.15) is 109 Å². The minimum atomic E-state index is -2.04. The number of rotatable bonds is 7. The number of aromatic nitrogens is 1. The lowest BCUT2D eigenvalue weighted by Crippen LogP contribution is -2.48. The minimum absolute atomic E-state index is 0.0117. The van der Waals surface area contributed by atoms with E-state index in [0.717, 1.165) is 6.07 Å². The van der Waals surface area contributed by atoms with Crippen molar-refractivity contribution in [3.8, 4) is 11.5 Å². The fourth-order valence-electron chi connectivity index (χ4n) is 11.6. The summed E-state index contributed by atoms with van der Waals surface area (Å²) in [6.45, 7) is 11.9. The summed E-state index contributed by atoms with van der Waals surface area (Å²) < 4.78 is 47.9. The van der Waals surface area contributed by atoms with Crippen LogP contribution in [0.5, 0.6) is 11.5 Å². The first kappa shape index (κ1) is 58.3. The van der Waals surface area contributed by atoms with E-state index in [2.05, 4.69) is 15.8 Å². The number of carbonyl (C=O) groups excluding carboxylic acids is 4. The molecule has 7 aliphatic rings. The van der Waals surface area contributed by atoms with E-state index >= 15 is 9.18 Å². The molecule has 434 valence electrons. The van der Waals surface area contributed by atoms with Crippen LogP contribution in [-0.4, -0.2) is 153 Å². The number of pyridine rings is 1. The largest absolute Gasteiger partial charge is 0.507 e. The number of amides is 2. The number of phenols is 1. The van der Waals surface area contributed by atoms with Crippen molar-refractivity contribution in [1.82, 2.24) is 20.1 Å². The van der Waals surface area contributed by atoms with Gasteiger partial charge in [0.25, 0.3) is 11.7 Å². The summed E-state index contributed by atoms with van der Waals surface area (Å²) in [5.74, 6) is -10.8. The van der Waals surface area contributed by atoms with E-state index in [1.165, 1.54) is 58.6 Å². The number of nitrogens with zero attached hydrogens (tertiary/aromatic N) is 4. The lowest BCUT2D eigenvalue weighted by atomic mass is 9.78. The fourth-order valence-corrected chi connectivity index (χ4v) is 12.1. The molecule has 3 aromatic rings. The second-order valence-corrected chi connectivity index (χ2v) is 22.2. The summed E-state index contributed by atoms with van der Waals surface area (Å²) in [6, 6.07) is 0.230. The van der Waals surface area contributed by atoms with Crippen molar-refractivity contribution in [3.05, 3.63) is 109 Å². The number of methoxy groups -OCH3 is 1. The van der Waals surface area contributed by atoms with Gasteiger partial charge in [0.15, 0.2) is 5.71 Å². The number of morpholine rings is 1. The summed E-state index contributed by atoms with van der Waals surface area (Å²) in [4.78, 5) is 86.3. The number of allylic oxidation sites excluding steroid dienone is 4. The molecule has 10 atom stereocenters. The molecule has 3 fully saturated rings. The molecule has 0 spiro atoms. The molecule has 24 heteroatoms. The highest BCUT2D eigenvalue weighted by molar-refractivity contribution is 6.38. The number of halogens is 2. The number of anilines is 1. The van der Waals surface area contributed by atoms with Crippen molar-refractivity contribution in [2.75, 3.05) is 51.4 Å². The Morgan fingerprint density at radius 1 is 0.938 bits per heavy atom. The summed E-state index contributed by atoms with van der Waals surface area (Å²) in [7, 11) is 1.38. The highest BCUT2D eigenvalue weighted by Crippen LogP contribution is 2.50. The monoisotopic (exact) mass is 1140 g/mol. The summed E-state index contributed by atoms with van der Waals surface area (Å²) in [6.07, 6.45) is 4.59. The Morgan fingerprint density at radius 2 is 1.64 bits per heavy atom. The number of aliphatic hydroxyl groups excluding tert-OH is 2. The third-order valence-corrected chi connectivity index (χ3v) is 16.9. The van der Waals surface area contributed by atoms with Crippen LogP contribution >= 0.6 is 11.6 Å². The molecule has 1 saturated carbocycles. The van der Waals surface area contributed by atoms with Crippen LogP contribution in [-0.2, 0) is 23.7 Å². The molecule has 10 rings (SSSR count). The Kier molecular flexibility index (Phi) is 16.5. The number of carboxylic acids is 1. The molecule has 81 heavy (non-hydrogen) atoms. The smallest absolute Gasteiger partial charge is 0.407 e. The zero-order chi connectivity index (χ0) is 58.7. The molecule has 1 aromatic heterocycles. The predicted octanol–water partition coefficient (Wildman–Crippen LogP) is 5.87. The van der Waals surface area contributed by atoms with Gasteiger partial charge in [-0.1, -0.05) is 62.7 Å². The maximum atomic E-state index is 16.1. The summed E-state index contributed by atoms with van der Waals surface area (Å²) in [5, 5.41) is 64.8. The van der Waals surface area contributed by atoms with Gasteiger partial charge in [0.2, 0.25) is 17.0 Å². The molecule has 22 nitrogen and oxygen atoms in total. The highest BCUT2D eigenvalue weighted by atomic mass is 35.5. The summed E-state index contributed by atoms with van der Waals surface area (Å²) >= 11 is 6.93. The molecule has 2 saturated heterocycles. The number of nitrogens with one attached hydrogen (secondary N) is 2. The van der Waals surface area contributed by atoms with Gasteiger partial charge in [-0.25, -0.2) is 14.0 Å². The van der Waals surface area contributed by atoms with Gasteiger partial charge >= 0.3 is 12.1 Å². The van der Waals surface area contributed by atoms with Crippen molar-refractivity contribution in [3.63, 3.8) is 0 Å². The Hall–Kier alpha value is -7.31. The quantitative estimate of drug-likeness (QED) is 0.108. The number of phenolic OH excluding ortho intramolecular Hbond substituents is 1. The topological polar surface area (TPSA) is 298 Å². The van der Waals surface area contributed by atoms with Crippen molar-refractivity contribution in [2.24, 2.45) is 28.8 Å². The molecule has 2 aromatic carbocycles. The average molecular weight is 1150 g/mol. The molecular formula is C57H66ClFN6O16. The van der Waals surface area contributed by atoms with Gasteiger partial charge in [-0.05, 0) is 45.3 Å². The number of ether oxygens (including phenoxy) is 5. The van der Waals surface area contributed by atoms with Gasteiger partial charge in [-0.2, -0.15) is 0 Å². The number of oxime groups is 1. The molecule has 1 unspecified atom stereocenters. The van der Waals surface area contributed by atoms with Crippen LogP contribution in [0.25, 0.3) is 10.9 Å². The number of ketones is 2. The molecule has 7 N–H and O–H groups in total. The number of carboxylic acid groups (broad SMARTS) is 1. The molecule has 2 aliphatic carbocycles. The fraction of sp³-hybridized carbons (Fsp3) is 0.491. The third kappa shape index (κ3) is 10.6. The molecule has 0 radical (unpaired) electrons. The van der Waals surface area contributed by atoms with E-state index in [1.54, 1.807) is 48.1 Å². The van der Waals surface area contributed by atoms with E-state index in [0.29, 0.717) is 19.3 Å². The van der Waals surface area contributed by atoms with Crippen molar-refractivity contribution in [2.45, 2.75) is 110 Å². The van der Waals surface area contributed by atoms with Gasteiger partial charge in [0.1, 0.15) is 40.4 Å². The average Bonchev–Trinajstić information content (AvgIpc) is 2.61. The van der Waals surface area contributed by atoms with E-state index in [-0.39, 0.29) is 106 Å². The number of carbonyl (C=O) groups is 5. The maximum absolute atomic E-state index is 16.1. The number of hydrogen-bond acceptors (Lipinski definition) is 18. The highest BCUT2D eigenvalue weighted by Gasteiger charge is 2.52. The van der Waals surface area contributed by atoms with E-state index in [9.17, 15) is 49.6 Å². The number of benzene rings is 2. The van der Waals surface area contributed by atoms with Crippen LogP contribution in [0.2, 0.25) is 5.02 Å². The normalized spacial score (nSPS) is 30.4. The maximum Gasteiger partial charge on any atom is 0.407 e. The summed E-state index contributed by atoms with van der Waals surface area (Å²) in [5.41, 5.74) is -2.99. The Morgan fingerprint density at radius 3 is 2.30 bits per heavy atom. The zero-order valence-corrected chi connectivity index (χ0v) is 46.7. The minimum Gasteiger partial charge on any atom is -0.507 e. The van der Waals surface area contributed by atoms with Crippen LogP contribution in [0.3, 0.4) is 0 Å². The molecule has 2 amide bonds. The second kappa shape index (κ2) is 22.9. The molecule has 5 aliphatic heterocycles. The zero-order valence-electron chi connectivity index (χ0n) is 46.0. The number of alkyl carbamates (subject to hydrolysis) is 1. The first-order valence-corrected chi connectivity index (χ1v) is 27.2. The number of hydrogen-bond donors (Lipinski definition) is 7. The van der Waals surface area contributed by atoms with Crippen molar-refractivity contribution < 1.29 is 77.7 Å². The van der Waals surface area contributed by atoms with Crippen LogP contribution in [0, 0.1) is 36.4 Å². The van der Waals surface area contributed by atoms with Gasteiger partial charge in [0, 0.05) is 87.3 Å². The Bertz CT molecular complexity index is 3330. The van der Waals surface area contributed by atoms with E-state index < -0.39 is 123 Å². The Labute approximate surface area is 470 Å². The van der Waals surface area contributed by atoms with Gasteiger partial charge in [-0.15, -0.1) is 0 Å². The van der Waals surface area contributed by atoms with Crippen LogP contribution in [0.4, 0.5) is 14.9 Å². The standard InChI is InChI=1S/C57H66ClFN6O16/c1-25-10-9-11-26(2)54(72)61-41-44(63-17-20-78-21-18-63)50(71)37-38(49(41)70)47(68)30(6)52-39(37)53(62-76)57(7,81-52)79-19-15-36(77-8)27(3)51(29(5)46(67)28(4)45(25)66)80-56(75)60-31-14-16-64(23-31)43-35(59)22-33-42(40(43)58)65(32-12-13-32)24-34(48(33)69)55(73)74/h9-11,15,19,22,24-25,27-29,31-32,36,45-46,51,66-68,76H,12-14,16-18,20-21,23H2,1-8H3,(H,60,75)(H,61,72)(H,73,74)/b10-9+,19-15+,26-11-,62-53-/t25-,27+,28+,29+,31?,36-,45-,46+,51+,57-/m0/s1. The van der Waals surface area contributed by atoms with Crippen molar-refractivity contribution in [1.29, 1.82) is 0 Å². The molecule has 5 bridgehead atoms. The first-order chi connectivity index (χ1) is 38.4. The number of aromatic hydroxyl groups is 1. The van der Waals surface area contributed by atoms with Gasteiger partial charge in [0.05, 0.1) is 82.1 Å². The van der Waals surface area contributed by atoms with Crippen LogP contribution in [0.15, 0.2) is 69.7 Å². The number of fused-ring (bicyclic) bond motifs is 15. The van der Waals surface area contributed by atoms with E-state index in [1.807, 2.05) is 0 Å². The SMILES string of the molecule is CO[C@H]1/C=C/O[C@@]2(C)Oc3c(C)c(O)c4c(c3/C2=N/O)C(=O)C(N2CCOCC2)=C(NC(=O)/C(C)=C\C=C\[C@H](C)[C@H](O)[C@@H](C)[C@@H](O)[C@@H](C)[C@H](OC(=O)NC2CCN(c3c(F)cc5c(=O)c(C(=O)O)cn(C6CC6)c5c3Cl)C2)[C@@H]1C)C4=O. The van der Waals surface area contributed by atoms with Gasteiger partial charge < -0.3 is 74.3 Å². The molecule has 6 heterocycles. The van der Waals surface area contributed by atoms with Gasteiger partial charge in [-0.3, -0.25) is 19.2 Å². The number of aliphatic hydroxyl groups is 2. The van der Waals surface area contributed by atoms with Crippen molar-refractivity contribution >= 4 is 63.4 Å². The lowest BCUT2D eigenvalue weighted by molar-refractivity contribution is -0.116. The first-order valence-electron chi connectivity index (χ1n) is 26.8. The molecular weight excluding hydrogens is 1080 g/mol. The third-order valence-electron chi connectivity index (χ3n) is 16.5. The number of aromatic carboxylic acids is 1. The number of Topliss-reactive ketones (excluding diaryl/α,β-unsaturated/α-hetero) is 2. The van der Waals surface area contributed by atoms with E-state index in [4.69, 9.17) is 35.3 Å².